The lowest BCUT2D eigenvalue weighted by atomic mass is 9.76. The first-order valence-electron chi connectivity index (χ1n) is 11.6. The molecule has 0 spiro atoms. The minimum atomic E-state index is -1.21. The number of hydrogen-bond donors (Lipinski definition) is 3. The summed E-state index contributed by atoms with van der Waals surface area (Å²) in [4.78, 5) is 37.2. The van der Waals surface area contributed by atoms with Crippen LogP contribution in [0.15, 0.2) is 48.5 Å². The molecule has 3 N–H and O–H groups in total. The Morgan fingerprint density at radius 3 is 2.12 bits per heavy atom. The van der Waals surface area contributed by atoms with E-state index in [4.69, 9.17) is 4.74 Å². The number of ether oxygens (including phenoxy) is 1. The molecule has 2 saturated carbocycles. The van der Waals surface area contributed by atoms with Gasteiger partial charge in [0.05, 0.1) is 0 Å². The second-order valence-corrected chi connectivity index (χ2v) is 9.43. The molecule has 0 aromatic heterocycles. The van der Waals surface area contributed by atoms with E-state index in [-0.39, 0.29) is 12.5 Å². The van der Waals surface area contributed by atoms with Crippen molar-refractivity contribution in [3.63, 3.8) is 0 Å². The van der Waals surface area contributed by atoms with E-state index in [0.29, 0.717) is 25.2 Å². The maximum atomic E-state index is 12.9. The Balaban J connectivity index is 1.24. The van der Waals surface area contributed by atoms with E-state index in [1.165, 1.54) is 0 Å². The molecule has 0 aliphatic heterocycles. The third kappa shape index (κ3) is 4.19. The molecule has 3 aliphatic rings. The molecule has 1 atom stereocenters. The Labute approximate surface area is 192 Å². The zero-order valence-electron chi connectivity index (χ0n) is 18.4. The summed E-state index contributed by atoms with van der Waals surface area (Å²) in [6.45, 7) is 0.163. The van der Waals surface area contributed by atoms with Crippen molar-refractivity contribution in [1.29, 1.82) is 0 Å². The SMILES string of the molecule is O=C(NC(CC1CC1)C(=O)NC1(C(=O)O)CCC1)OCC1c2ccccc2-c2ccccc21. The van der Waals surface area contributed by atoms with Gasteiger partial charge < -0.3 is 20.5 Å². The van der Waals surface area contributed by atoms with E-state index < -0.39 is 29.6 Å². The number of carbonyl (C=O) groups is 3. The summed E-state index contributed by atoms with van der Waals surface area (Å²) in [6.07, 6.45) is 3.45. The van der Waals surface area contributed by atoms with Crippen LogP contribution in [-0.2, 0) is 14.3 Å². The van der Waals surface area contributed by atoms with E-state index >= 15 is 0 Å². The Hall–Kier alpha value is -3.35. The first-order valence-corrected chi connectivity index (χ1v) is 11.6. The van der Waals surface area contributed by atoms with Gasteiger partial charge in [-0.1, -0.05) is 61.4 Å². The van der Waals surface area contributed by atoms with E-state index in [0.717, 1.165) is 41.5 Å². The predicted octanol–water partition coefficient (Wildman–Crippen LogP) is 3.82. The van der Waals surface area contributed by atoms with Crippen LogP contribution in [0, 0.1) is 5.92 Å². The van der Waals surface area contributed by atoms with Crippen molar-refractivity contribution < 1.29 is 24.2 Å². The van der Waals surface area contributed by atoms with Crippen LogP contribution in [0.1, 0.15) is 55.6 Å². The molecule has 7 nitrogen and oxygen atoms in total. The van der Waals surface area contributed by atoms with E-state index in [1.807, 2.05) is 24.3 Å². The fourth-order valence-electron chi connectivity index (χ4n) is 4.95. The lowest BCUT2D eigenvalue weighted by Gasteiger charge is -2.39. The van der Waals surface area contributed by atoms with Crippen molar-refractivity contribution in [3.05, 3.63) is 59.7 Å². The highest BCUT2D eigenvalue weighted by Gasteiger charge is 2.47. The summed E-state index contributed by atoms with van der Waals surface area (Å²) >= 11 is 0. The number of nitrogens with one attached hydrogen (secondary N) is 2. The summed E-state index contributed by atoms with van der Waals surface area (Å²) in [5.41, 5.74) is 3.32. The third-order valence-corrected chi connectivity index (χ3v) is 7.20. The third-order valence-electron chi connectivity index (χ3n) is 7.20. The molecular weight excluding hydrogens is 420 g/mol. The molecule has 2 fully saturated rings. The van der Waals surface area contributed by atoms with Gasteiger partial charge in [0.2, 0.25) is 5.91 Å². The largest absolute Gasteiger partial charge is 0.480 e. The van der Waals surface area contributed by atoms with Gasteiger partial charge in [0, 0.05) is 5.92 Å². The molecule has 7 heteroatoms. The van der Waals surface area contributed by atoms with Gasteiger partial charge in [-0.2, -0.15) is 0 Å². The normalized spacial score (nSPS) is 18.9. The lowest BCUT2D eigenvalue weighted by molar-refractivity contribution is -0.152. The average molecular weight is 449 g/mol. The number of fused-ring (bicyclic) bond motifs is 3. The number of alkyl carbamates (subject to hydrolysis) is 1. The smallest absolute Gasteiger partial charge is 0.407 e. The predicted molar refractivity (Wildman–Crippen MR) is 122 cm³/mol. The van der Waals surface area contributed by atoms with Gasteiger partial charge in [-0.3, -0.25) is 4.79 Å². The van der Waals surface area contributed by atoms with Crippen LogP contribution in [0.3, 0.4) is 0 Å². The maximum absolute atomic E-state index is 12.9. The highest BCUT2D eigenvalue weighted by atomic mass is 16.5. The Morgan fingerprint density at radius 1 is 1.00 bits per heavy atom. The van der Waals surface area contributed by atoms with Gasteiger partial charge in [0.25, 0.3) is 0 Å². The summed E-state index contributed by atoms with van der Waals surface area (Å²) in [5, 5.41) is 14.9. The van der Waals surface area contributed by atoms with Gasteiger partial charge in [0.1, 0.15) is 18.2 Å². The molecular formula is C26H28N2O5. The quantitative estimate of drug-likeness (QED) is 0.570. The first-order chi connectivity index (χ1) is 16.0. The molecule has 0 radical (unpaired) electrons. The zero-order chi connectivity index (χ0) is 23.0. The first kappa shape index (κ1) is 21.5. The van der Waals surface area contributed by atoms with Gasteiger partial charge >= 0.3 is 12.1 Å². The number of benzene rings is 2. The van der Waals surface area contributed by atoms with Crippen molar-refractivity contribution in [1.82, 2.24) is 10.6 Å². The highest BCUT2D eigenvalue weighted by Crippen LogP contribution is 2.44. The molecule has 33 heavy (non-hydrogen) atoms. The van der Waals surface area contributed by atoms with Gasteiger partial charge in [-0.15, -0.1) is 0 Å². The summed E-state index contributed by atoms with van der Waals surface area (Å²) < 4.78 is 5.59. The van der Waals surface area contributed by atoms with Gasteiger partial charge in [-0.05, 0) is 53.9 Å². The van der Waals surface area contributed by atoms with Crippen LogP contribution in [-0.4, -0.2) is 41.3 Å². The van der Waals surface area contributed by atoms with Crippen LogP contribution < -0.4 is 10.6 Å². The highest BCUT2D eigenvalue weighted by molar-refractivity contribution is 5.92. The Morgan fingerprint density at radius 2 is 1.61 bits per heavy atom. The minimum Gasteiger partial charge on any atom is -0.480 e. The minimum absolute atomic E-state index is 0.0656. The van der Waals surface area contributed by atoms with Gasteiger partial charge in [0.15, 0.2) is 0 Å². The summed E-state index contributed by atoms with van der Waals surface area (Å²) in [5.74, 6) is -1.16. The van der Waals surface area contributed by atoms with Crippen molar-refractivity contribution in [2.75, 3.05) is 6.61 Å². The number of amides is 2. The van der Waals surface area contributed by atoms with Crippen LogP contribution in [0.4, 0.5) is 4.79 Å². The molecule has 1 unspecified atom stereocenters. The lowest BCUT2D eigenvalue weighted by Crippen LogP contribution is -2.62. The van der Waals surface area contributed by atoms with Crippen molar-refractivity contribution in [3.8, 4) is 11.1 Å². The number of carbonyl (C=O) groups excluding carboxylic acids is 2. The standard InChI is InChI=1S/C26H28N2O5/c29-23(28-26(24(30)31)12-5-13-26)22(14-16-10-11-16)27-25(32)33-15-21-19-8-3-1-6-17(19)18-7-2-4-9-20(18)21/h1-4,6-9,16,21-22H,5,10-15H2,(H,27,32)(H,28,29)(H,30,31). The molecule has 5 rings (SSSR count). The van der Waals surface area contributed by atoms with E-state index in [1.54, 1.807) is 0 Å². The topological polar surface area (TPSA) is 105 Å². The number of aliphatic carboxylic acids is 1. The van der Waals surface area contributed by atoms with Gasteiger partial charge in [-0.25, -0.2) is 9.59 Å². The van der Waals surface area contributed by atoms with Crippen LogP contribution in [0.25, 0.3) is 11.1 Å². The molecule has 2 amide bonds. The fraction of sp³-hybridized carbons (Fsp3) is 0.423. The number of carboxylic acid groups (broad SMARTS) is 1. The van der Waals surface area contributed by atoms with Crippen molar-refractivity contribution >= 4 is 18.0 Å². The molecule has 0 heterocycles. The number of hydrogen-bond acceptors (Lipinski definition) is 4. The van der Waals surface area contributed by atoms with E-state index in [9.17, 15) is 19.5 Å². The number of carboxylic acids is 1. The molecule has 3 aliphatic carbocycles. The van der Waals surface area contributed by atoms with E-state index in [2.05, 4.69) is 34.9 Å². The Bertz CT molecular complexity index is 1040. The molecule has 2 aromatic rings. The molecule has 172 valence electrons. The van der Waals surface area contributed by atoms with Crippen LogP contribution in [0.5, 0.6) is 0 Å². The fourth-order valence-corrected chi connectivity index (χ4v) is 4.95. The maximum Gasteiger partial charge on any atom is 0.407 e. The second-order valence-electron chi connectivity index (χ2n) is 9.43. The summed E-state index contributed by atoms with van der Waals surface area (Å²) in [6, 6.07) is 15.4. The molecule has 2 aromatic carbocycles. The molecule has 0 saturated heterocycles. The van der Waals surface area contributed by atoms with Crippen LogP contribution >= 0.6 is 0 Å². The monoisotopic (exact) mass is 448 g/mol. The average Bonchev–Trinajstić information content (AvgIpc) is 3.54. The van der Waals surface area contributed by atoms with Crippen molar-refractivity contribution in [2.45, 2.75) is 56.0 Å². The van der Waals surface area contributed by atoms with Crippen LogP contribution in [0.2, 0.25) is 0 Å². The molecule has 0 bridgehead atoms. The zero-order valence-corrected chi connectivity index (χ0v) is 18.4. The second kappa shape index (κ2) is 8.54. The Kier molecular flexibility index (Phi) is 5.56. The summed E-state index contributed by atoms with van der Waals surface area (Å²) in [7, 11) is 0. The van der Waals surface area contributed by atoms with Crippen molar-refractivity contribution in [2.24, 2.45) is 5.92 Å². The number of rotatable bonds is 8.